The van der Waals surface area contributed by atoms with Gasteiger partial charge in [0.1, 0.15) is 6.61 Å². The largest absolute Gasteiger partial charge is 0.475 e. The van der Waals surface area contributed by atoms with Crippen molar-refractivity contribution in [2.24, 2.45) is 0 Å². The van der Waals surface area contributed by atoms with Crippen molar-refractivity contribution in [2.45, 2.75) is 40.4 Å². The summed E-state index contributed by atoms with van der Waals surface area (Å²) in [5.74, 6) is 0.0968. The number of hydrogen-bond donors (Lipinski definition) is 0. The minimum Gasteiger partial charge on any atom is -0.475 e. The summed E-state index contributed by atoms with van der Waals surface area (Å²) < 4.78 is 10.7. The topological polar surface area (TPSA) is 61.3 Å². The highest BCUT2D eigenvalue weighted by atomic mass is 32.1. The summed E-state index contributed by atoms with van der Waals surface area (Å²) in [7, 11) is 0. The first-order valence-electron chi connectivity index (χ1n) is 6.68. The van der Waals surface area contributed by atoms with E-state index in [1.807, 2.05) is 27.7 Å². The standard InChI is InChI=1S/C15H18N2O3S/c1-9(2)20-14-6-5-12(7-16-14)15(18)19-8-13-10(3)17-11(4)21-13/h5-7,9H,8H2,1-4H3. The third kappa shape index (κ3) is 4.26. The van der Waals surface area contributed by atoms with Gasteiger partial charge in [-0.15, -0.1) is 11.3 Å². The zero-order valence-electron chi connectivity index (χ0n) is 12.5. The Morgan fingerprint density at radius 3 is 2.62 bits per heavy atom. The predicted octanol–water partition coefficient (Wildman–Crippen LogP) is 3.30. The number of hydrogen-bond acceptors (Lipinski definition) is 6. The Kier molecular flexibility index (Phi) is 4.90. The molecule has 0 aliphatic carbocycles. The maximum absolute atomic E-state index is 12.0. The second-order valence-electron chi connectivity index (χ2n) is 4.87. The molecule has 0 N–H and O–H groups in total. The smallest absolute Gasteiger partial charge is 0.340 e. The van der Waals surface area contributed by atoms with Crippen LogP contribution in [0.3, 0.4) is 0 Å². The Hall–Kier alpha value is -1.95. The lowest BCUT2D eigenvalue weighted by Crippen LogP contribution is -2.09. The highest BCUT2D eigenvalue weighted by Gasteiger charge is 2.11. The van der Waals surface area contributed by atoms with E-state index in [4.69, 9.17) is 9.47 Å². The molecule has 2 heterocycles. The Morgan fingerprint density at radius 2 is 2.10 bits per heavy atom. The molecule has 0 aliphatic heterocycles. The summed E-state index contributed by atoms with van der Waals surface area (Å²) in [5, 5.41) is 0.968. The number of aryl methyl sites for hydroxylation is 2. The molecule has 0 radical (unpaired) electrons. The van der Waals surface area contributed by atoms with Crippen molar-refractivity contribution in [3.63, 3.8) is 0 Å². The summed E-state index contributed by atoms with van der Waals surface area (Å²) in [6.07, 6.45) is 1.51. The fourth-order valence-electron chi connectivity index (χ4n) is 1.73. The molecule has 0 amide bonds. The number of carbonyl (C=O) groups excluding carboxylic acids is 1. The van der Waals surface area contributed by atoms with E-state index in [0.29, 0.717) is 11.4 Å². The Balaban J connectivity index is 1.95. The normalized spacial score (nSPS) is 10.7. The predicted molar refractivity (Wildman–Crippen MR) is 80.7 cm³/mol. The molecule has 0 unspecified atom stereocenters. The summed E-state index contributed by atoms with van der Waals surface area (Å²) in [6.45, 7) is 7.92. The molecule has 112 valence electrons. The van der Waals surface area contributed by atoms with Gasteiger partial charge in [-0.2, -0.15) is 0 Å². The maximum Gasteiger partial charge on any atom is 0.340 e. The molecule has 2 aromatic rings. The number of thiazole rings is 1. The number of aromatic nitrogens is 2. The Bertz CT molecular complexity index is 620. The van der Waals surface area contributed by atoms with Gasteiger partial charge in [-0.1, -0.05) is 0 Å². The van der Waals surface area contributed by atoms with Gasteiger partial charge in [0.15, 0.2) is 0 Å². The number of pyridine rings is 1. The van der Waals surface area contributed by atoms with Gasteiger partial charge in [0.05, 0.1) is 27.2 Å². The maximum atomic E-state index is 12.0. The third-order valence-electron chi connectivity index (χ3n) is 2.66. The number of ether oxygens (including phenoxy) is 2. The number of esters is 1. The molecule has 0 saturated carbocycles. The molecule has 0 saturated heterocycles. The fraction of sp³-hybridized carbons (Fsp3) is 0.400. The second-order valence-corrected chi connectivity index (χ2v) is 6.16. The van der Waals surface area contributed by atoms with Gasteiger partial charge >= 0.3 is 5.97 Å². The number of nitrogens with zero attached hydrogens (tertiary/aromatic N) is 2. The van der Waals surface area contributed by atoms with Crippen molar-refractivity contribution < 1.29 is 14.3 Å². The van der Waals surface area contributed by atoms with Crippen molar-refractivity contribution in [3.05, 3.63) is 39.5 Å². The second kappa shape index (κ2) is 6.67. The van der Waals surface area contributed by atoms with E-state index < -0.39 is 5.97 Å². The monoisotopic (exact) mass is 306 g/mol. The van der Waals surface area contributed by atoms with E-state index in [9.17, 15) is 4.79 Å². The van der Waals surface area contributed by atoms with Crippen molar-refractivity contribution in [2.75, 3.05) is 0 Å². The van der Waals surface area contributed by atoms with Crippen LogP contribution in [0.5, 0.6) is 5.88 Å². The molecule has 0 aliphatic rings. The molecule has 5 nitrogen and oxygen atoms in total. The first-order valence-corrected chi connectivity index (χ1v) is 7.50. The van der Waals surface area contributed by atoms with Gasteiger partial charge in [0.25, 0.3) is 0 Å². The average Bonchev–Trinajstić information content (AvgIpc) is 2.74. The van der Waals surface area contributed by atoms with E-state index in [-0.39, 0.29) is 12.7 Å². The van der Waals surface area contributed by atoms with Crippen LogP contribution in [0.15, 0.2) is 18.3 Å². The lowest BCUT2D eigenvalue weighted by molar-refractivity contribution is 0.0475. The van der Waals surface area contributed by atoms with E-state index >= 15 is 0 Å². The minimum atomic E-state index is -0.399. The van der Waals surface area contributed by atoms with Gasteiger partial charge in [0.2, 0.25) is 5.88 Å². The van der Waals surface area contributed by atoms with Crippen molar-refractivity contribution in [1.82, 2.24) is 9.97 Å². The summed E-state index contributed by atoms with van der Waals surface area (Å²) >= 11 is 1.54. The molecule has 0 fully saturated rings. The van der Waals surface area contributed by atoms with E-state index in [0.717, 1.165) is 15.6 Å². The summed E-state index contributed by atoms with van der Waals surface area (Å²) in [5.41, 5.74) is 1.31. The Morgan fingerprint density at radius 1 is 1.33 bits per heavy atom. The van der Waals surface area contributed by atoms with Crippen LogP contribution in [0.25, 0.3) is 0 Å². The van der Waals surface area contributed by atoms with Gasteiger partial charge < -0.3 is 9.47 Å². The molecule has 0 aromatic carbocycles. The van der Waals surface area contributed by atoms with Crippen molar-refractivity contribution >= 4 is 17.3 Å². The zero-order valence-corrected chi connectivity index (χ0v) is 13.4. The average molecular weight is 306 g/mol. The van der Waals surface area contributed by atoms with E-state index in [2.05, 4.69) is 9.97 Å². The number of rotatable bonds is 5. The first kappa shape index (κ1) is 15.4. The van der Waals surface area contributed by atoms with Crippen molar-refractivity contribution in [1.29, 1.82) is 0 Å². The van der Waals surface area contributed by atoms with Crippen LogP contribution in [0, 0.1) is 13.8 Å². The zero-order chi connectivity index (χ0) is 15.4. The van der Waals surface area contributed by atoms with E-state index in [1.54, 1.807) is 12.1 Å². The molecular weight excluding hydrogens is 288 g/mol. The molecule has 21 heavy (non-hydrogen) atoms. The lowest BCUT2D eigenvalue weighted by Gasteiger charge is -2.08. The highest BCUT2D eigenvalue weighted by molar-refractivity contribution is 7.11. The van der Waals surface area contributed by atoms with Crippen LogP contribution in [0.4, 0.5) is 0 Å². The van der Waals surface area contributed by atoms with Crippen LogP contribution in [-0.4, -0.2) is 22.0 Å². The fourth-order valence-corrected chi connectivity index (χ4v) is 2.58. The molecule has 0 bridgehead atoms. The van der Waals surface area contributed by atoms with E-state index in [1.165, 1.54) is 17.5 Å². The molecule has 6 heteroatoms. The third-order valence-corrected chi connectivity index (χ3v) is 3.71. The van der Waals surface area contributed by atoms with Gasteiger partial charge in [-0.25, -0.2) is 14.8 Å². The summed E-state index contributed by atoms with van der Waals surface area (Å²) in [4.78, 5) is 21.3. The van der Waals surface area contributed by atoms with Crippen molar-refractivity contribution in [3.8, 4) is 5.88 Å². The number of carbonyl (C=O) groups is 1. The van der Waals surface area contributed by atoms with Crippen LogP contribution < -0.4 is 4.74 Å². The lowest BCUT2D eigenvalue weighted by atomic mass is 10.3. The Labute approximate surface area is 128 Å². The van der Waals surface area contributed by atoms with Crippen LogP contribution >= 0.6 is 11.3 Å². The van der Waals surface area contributed by atoms with Gasteiger partial charge in [0, 0.05) is 12.3 Å². The quantitative estimate of drug-likeness (QED) is 0.793. The van der Waals surface area contributed by atoms with Gasteiger partial charge in [-0.3, -0.25) is 0 Å². The molecule has 0 atom stereocenters. The SMILES string of the molecule is Cc1nc(C)c(COC(=O)c2ccc(OC(C)C)nc2)s1. The first-order chi connectivity index (χ1) is 9.95. The van der Waals surface area contributed by atoms with Gasteiger partial charge in [-0.05, 0) is 33.8 Å². The minimum absolute atomic E-state index is 0.0489. The van der Waals surface area contributed by atoms with Crippen LogP contribution in [0.2, 0.25) is 0 Å². The molecular formula is C15H18N2O3S. The van der Waals surface area contributed by atoms with Crippen LogP contribution in [0.1, 0.15) is 39.8 Å². The molecule has 0 spiro atoms. The molecule has 2 rings (SSSR count). The summed E-state index contributed by atoms with van der Waals surface area (Å²) in [6, 6.07) is 3.32. The highest BCUT2D eigenvalue weighted by Crippen LogP contribution is 2.19. The van der Waals surface area contributed by atoms with Crippen LogP contribution in [-0.2, 0) is 11.3 Å². The molecule has 2 aromatic heterocycles.